The number of methoxy groups -OCH3 is 4. The third kappa shape index (κ3) is 4.56. The Hall–Kier alpha value is -2.93. The smallest absolute Gasteiger partial charge is 0.258 e. The van der Waals surface area contributed by atoms with Crippen molar-refractivity contribution in [1.82, 2.24) is 4.90 Å². The van der Waals surface area contributed by atoms with Gasteiger partial charge in [-0.2, -0.15) is 0 Å². The first kappa shape index (κ1) is 20.8. The minimum atomic E-state index is 0.0225. The van der Waals surface area contributed by atoms with Gasteiger partial charge < -0.3 is 28.7 Å². The molecule has 0 atom stereocenters. The van der Waals surface area contributed by atoms with Gasteiger partial charge in [0.15, 0.2) is 11.5 Å². The molecule has 0 aliphatic carbocycles. The lowest BCUT2D eigenvalue weighted by Gasteiger charge is -2.32. The SMILES string of the molecule is COc1ccccc1C(=O)N1CC[NH+](Cc2cc(OC)c(OC)c(OC)c2)CC1. The van der Waals surface area contributed by atoms with E-state index in [1.807, 2.05) is 41.3 Å². The molecule has 0 spiro atoms. The van der Waals surface area contributed by atoms with Crippen molar-refractivity contribution >= 4 is 5.91 Å². The van der Waals surface area contributed by atoms with Crippen LogP contribution in [0.1, 0.15) is 15.9 Å². The zero-order valence-electron chi connectivity index (χ0n) is 17.5. The average Bonchev–Trinajstić information content (AvgIpc) is 2.78. The van der Waals surface area contributed by atoms with Gasteiger partial charge in [-0.15, -0.1) is 0 Å². The summed E-state index contributed by atoms with van der Waals surface area (Å²) < 4.78 is 21.6. The molecule has 1 aliphatic heterocycles. The Morgan fingerprint density at radius 3 is 2.03 bits per heavy atom. The van der Waals surface area contributed by atoms with Gasteiger partial charge in [0.2, 0.25) is 5.75 Å². The molecule has 2 aromatic rings. The van der Waals surface area contributed by atoms with Gasteiger partial charge >= 0.3 is 0 Å². The highest BCUT2D eigenvalue weighted by Crippen LogP contribution is 2.38. The van der Waals surface area contributed by atoms with E-state index in [0.29, 0.717) is 41.7 Å². The molecule has 1 saturated heterocycles. The summed E-state index contributed by atoms with van der Waals surface area (Å²) in [6.45, 7) is 3.98. The summed E-state index contributed by atoms with van der Waals surface area (Å²) in [5.74, 6) is 2.55. The molecule has 7 nitrogen and oxygen atoms in total. The second kappa shape index (κ2) is 9.52. The molecule has 0 radical (unpaired) electrons. The normalized spacial score (nSPS) is 14.4. The topological polar surface area (TPSA) is 61.7 Å². The maximum atomic E-state index is 12.9. The largest absolute Gasteiger partial charge is 0.496 e. The maximum absolute atomic E-state index is 12.9. The molecular formula is C22H29N2O5+. The summed E-state index contributed by atoms with van der Waals surface area (Å²) in [5, 5.41) is 0. The lowest BCUT2D eigenvalue weighted by molar-refractivity contribution is -0.917. The number of piperazine rings is 1. The van der Waals surface area contributed by atoms with E-state index in [1.54, 1.807) is 28.4 Å². The number of carbonyl (C=O) groups is 1. The summed E-state index contributed by atoms with van der Waals surface area (Å²) in [6.07, 6.45) is 0. The number of benzene rings is 2. The van der Waals surface area contributed by atoms with Gasteiger partial charge in [-0.3, -0.25) is 4.79 Å². The van der Waals surface area contributed by atoms with Crippen LogP contribution < -0.4 is 23.8 Å². The highest BCUT2D eigenvalue weighted by Gasteiger charge is 2.26. The first-order valence-electron chi connectivity index (χ1n) is 9.66. The van der Waals surface area contributed by atoms with Gasteiger partial charge in [-0.25, -0.2) is 0 Å². The zero-order valence-corrected chi connectivity index (χ0v) is 17.5. The molecule has 7 heteroatoms. The fourth-order valence-electron chi connectivity index (χ4n) is 3.72. The zero-order chi connectivity index (χ0) is 20.8. The number of para-hydroxylation sites is 1. The fraction of sp³-hybridized carbons (Fsp3) is 0.409. The molecule has 0 unspecified atom stereocenters. The van der Waals surface area contributed by atoms with Crippen LogP contribution in [0.3, 0.4) is 0 Å². The van der Waals surface area contributed by atoms with Crippen molar-refractivity contribution in [2.75, 3.05) is 54.6 Å². The third-order valence-electron chi connectivity index (χ3n) is 5.27. The molecule has 156 valence electrons. The van der Waals surface area contributed by atoms with Crippen molar-refractivity contribution in [3.8, 4) is 23.0 Å². The lowest BCUT2D eigenvalue weighted by Crippen LogP contribution is -3.13. The van der Waals surface area contributed by atoms with Crippen molar-refractivity contribution in [2.24, 2.45) is 0 Å². The highest BCUT2D eigenvalue weighted by atomic mass is 16.5. The molecule has 1 amide bonds. The van der Waals surface area contributed by atoms with Crippen molar-refractivity contribution in [3.05, 3.63) is 47.5 Å². The number of amides is 1. The standard InChI is InChI=1S/C22H28N2O5/c1-26-18-8-6-5-7-17(18)22(25)24-11-9-23(10-12-24)15-16-13-19(27-2)21(29-4)20(14-16)28-3/h5-8,13-14H,9-12,15H2,1-4H3/p+1. The molecule has 1 heterocycles. The van der Waals surface area contributed by atoms with Crippen molar-refractivity contribution in [3.63, 3.8) is 0 Å². The summed E-state index contributed by atoms with van der Waals surface area (Å²) in [5.41, 5.74) is 1.72. The minimum Gasteiger partial charge on any atom is -0.496 e. The third-order valence-corrected chi connectivity index (χ3v) is 5.27. The number of ether oxygens (including phenoxy) is 4. The van der Waals surface area contributed by atoms with Crippen LogP contribution in [0.25, 0.3) is 0 Å². The van der Waals surface area contributed by atoms with Crippen LogP contribution in [0.2, 0.25) is 0 Å². The first-order chi connectivity index (χ1) is 14.1. The van der Waals surface area contributed by atoms with Crippen molar-refractivity contribution in [1.29, 1.82) is 0 Å². The van der Waals surface area contributed by atoms with Crippen LogP contribution in [0.4, 0.5) is 0 Å². The number of nitrogens with zero attached hydrogens (tertiary/aromatic N) is 1. The monoisotopic (exact) mass is 401 g/mol. The lowest BCUT2D eigenvalue weighted by atomic mass is 10.1. The Balaban J connectivity index is 1.65. The number of rotatable bonds is 7. The summed E-state index contributed by atoms with van der Waals surface area (Å²) >= 11 is 0. The van der Waals surface area contributed by atoms with Gasteiger partial charge in [0.25, 0.3) is 5.91 Å². The number of hydrogen-bond acceptors (Lipinski definition) is 5. The summed E-state index contributed by atoms with van der Waals surface area (Å²) in [4.78, 5) is 16.2. The van der Waals surface area contributed by atoms with E-state index in [4.69, 9.17) is 18.9 Å². The first-order valence-corrected chi connectivity index (χ1v) is 9.66. The van der Waals surface area contributed by atoms with E-state index in [1.165, 1.54) is 4.90 Å². The van der Waals surface area contributed by atoms with Crippen LogP contribution >= 0.6 is 0 Å². The van der Waals surface area contributed by atoms with E-state index in [2.05, 4.69) is 0 Å². The molecule has 1 fully saturated rings. The number of hydrogen-bond donors (Lipinski definition) is 1. The number of carbonyl (C=O) groups excluding carboxylic acids is 1. The van der Waals surface area contributed by atoms with Crippen LogP contribution in [0, 0.1) is 0 Å². The van der Waals surface area contributed by atoms with Gasteiger partial charge in [0.05, 0.1) is 60.2 Å². The van der Waals surface area contributed by atoms with Gasteiger partial charge in [0, 0.05) is 5.56 Å². The van der Waals surface area contributed by atoms with Crippen LogP contribution in [-0.2, 0) is 6.54 Å². The minimum absolute atomic E-state index is 0.0225. The van der Waals surface area contributed by atoms with E-state index < -0.39 is 0 Å². The van der Waals surface area contributed by atoms with E-state index in [9.17, 15) is 4.79 Å². The van der Waals surface area contributed by atoms with E-state index in [0.717, 1.165) is 25.2 Å². The molecule has 29 heavy (non-hydrogen) atoms. The van der Waals surface area contributed by atoms with Gasteiger partial charge in [-0.1, -0.05) is 12.1 Å². The molecule has 0 aromatic heterocycles. The highest BCUT2D eigenvalue weighted by molar-refractivity contribution is 5.97. The Morgan fingerprint density at radius 2 is 1.48 bits per heavy atom. The summed E-state index contributed by atoms with van der Waals surface area (Å²) in [7, 11) is 6.43. The molecular weight excluding hydrogens is 372 g/mol. The Bertz CT molecular complexity index is 822. The van der Waals surface area contributed by atoms with Gasteiger partial charge in [-0.05, 0) is 24.3 Å². The molecule has 3 rings (SSSR count). The van der Waals surface area contributed by atoms with Crippen molar-refractivity contribution < 1.29 is 28.6 Å². The predicted octanol–water partition coefficient (Wildman–Crippen LogP) is 1.26. The van der Waals surface area contributed by atoms with E-state index in [-0.39, 0.29) is 5.91 Å². The molecule has 1 aliphatic rings. The number of quaternary nitrogens is 1. The second-order valence-electron chi connectivity index (χ2n) is 6.95. The van der Waals surface area contributed by atoms with Crippen LogP contribution in [0.15, 0.2) is 36.4 Å². The molecule has 0 saturated carbocycles. The average molecular weight is 401 g/mol. The van der Waals surface area contributed by atoms with Crippen LogP contribution in [0.5, 0.6) is 23.0 Å². The molecule has 1 N–H and O–H groups in total. The van der Waals surface area contributed by atoms with Crippen molar-refractivity contribution in [2.45, 2.75) is 6.54 Å². The maximum Gasteiger partial charge on any atom is 0.258 e. The quantitative estimate of drug-likeness (QED) is 0.757. The molecule has 2 aromatic carbocycles. The van der Waals surface area contributed by atoms with Crippen LogP contribution in [-0.4, -0.2) is 65.4 Å². The number of nitrogens with one attached hydrogen (secondary N) is 1. The Kier molecular flexibility index (Phi) is 6.82. The fourth-order valence-corrected chi connectivity index (χ4v) is 3.72. The van der Waals surface area contributed by atoms with Gasteiger partial charge in [0.1, 0.15) is 12.3 Å². The predicted molar refractivity (Wildman–Crippen MR) is 109 cm³/mol. The Labute approximate surface area is 171 Å². The molecule has 0 bridgehead atoms. The Morgan fingerprint density at radius 1 is 0.897 bits per heavy atom. The van der Waals surface area contributed by atoms with E-state index >= 15 is 0 Å². The second-order valence-corrected chi connectivity index (χ2v) is 6.95. The summed E-state index contributed by atoms with van der Waals surface area (Å²) in [6, 6.07) is 11.3.